The van der Waals surface area contributed by atoms with Crippen LogP contribution < -0.4 is 0 Å². The van der Waals surface area contributed by atoms with Crippen LogP contribution in [-0.4, -0.2) is 38.0 Å². The highest BCUT2D eigenvalue weighted by molar-refractivity contribution is 4.71. The topological polar surface area (TPSA) is 36.9 Å². The molecular formula is C10H20O4. The Bertz CT molecular complexity index is 189. The van der Waals surface area contributed by atoms with E-state index in [0.717, 1.165) is 0 Å². The molecule has 0 amide bonds. The van der Waals surface area contributed by atoms with Crippen molar-refractivity contribution < 1.29 is 18.9 Å². The van der Waals surface area contributed by atoms with E-state index in [9.17, 15) is 0 Å². The van der Waals surface area contributed by atoms with E-state index in [1.807, 2.05) is 27.7 Å². The minimum absolute atomic E-state index is 0.000532. The third-order valence-corrected chi connectivity index (χ3v) is 2.18. The minimum atomic E-state index is -0.559. The van der Waals surface area contributed by atoms with Crippen LogP contribution in [0.25, 0.3) is 0 Å². The second-order valence-electron chi connectivity index (χ2n) is 4.37. The molecule has 0 saturated carbocycles. The molecule has 1 atom stereocenters. The first-order valence-electron chi connectivity index (χ1n) is 4.85. The Hall–Kier alpha value is -0.160. The monoisotopic (exact) mass is 204 g/mol. The molecule has 1 rings (SSSR count). The van der Waals surface area contributed by atoms with Crippen molar-refractivity contribution >= 4 is 0 Å². The Morgan fingerprint density at radius 1 is 1.43 bits per heavy atom. The predicted octanol–water partition coefficient (Wildman–Crippen LogP) is 1.54. The van der Waals surface area contributed by atoms with Gasteiger partial charge in [-0.05, 0) is 27.7 Å². The summed E-state index contributed by atoms with van der Waals surface area (Å²) in [6, 6.07) is 0. The SMILES string of the molecule is COC(C)(C)OCC1COC(C)(C)O1. The van der Waals surface area contributed by atoms with Gasteiger partial charge in [0.1, 0.15) is 6.10 Å². The standard InChI is InChI=1S/C10H20O4/c1-9(2,11-5)12-6-8-7-13-10(3,4)14-8/h8H,6-7H2,1-5H3. The van der Waals surface area contributed by atoms with E-state index in [4.69, 9.17) is 18.9 Å². The predicted molar refractivity (Wildman–Crippen MR) is 51.9 cm³/mol. The Morgan fingerprint density at radius 2 is 2.07 bits per heavy atom. The van der Waals surface area contributed by atoms with Gasteiger partial charge in [0.2, 0.25) is 0 Å². The molecule has 1 saturated heterocycles. The molecule has 1 unspecified atom stereocenters. The molecule has 4 nitrogen and oxygen atoms in total. The van der Waals surface area contributed by atoms with Crippen LogP contribution >= 0.6 is 0 Å². The number of ether oxygens (including phenoxy) is 4. The van der Waals surface area contributed by atoms with Crippen molar-refractivity contribution in [2.24, 2.45) is 0 Å². The van der Waals surface area contributed by atoms with Gasteiger partial charge >= 0.3 is 0 Å². The second-order valence-corrected chi connectivity index (χ2v) is 4.37. The second kappa shape index (κ2) is 4.14. The highest BCUT2D eigenvalue weighted by Crippen LogP contribution is 2.23. The molecule has 4 heteroatoms. The van der Waals surface area contributed by atoms with Crippen LogP contribution in [0, 0.1) is 0 Å². The molecule has 1 aliphatic rings. The van der Waals surface area contributed by atoms with Crippen molar-refractivity contribution in [1.29, 1.82) is 0 Å². The van der Waals surface area contributed by atoms with Gasteiger partial charge in [-0.3, -0.25) is 0 Å². The van der Waals surface area contributed by atoms with E-state index in [-0.39, 0.29) is 6.10 Å². The molecular weight excluding hydrogens is 184 g/mol. The van der Waals surface area contributed by atoms with Gasteiger partial charge in [0, 0.05) is 7.11 Å². The summed E-state index contributed by atoms with van der Waals surface area (Å²) in [5, 5.41) is 0. The fourth-order valence-corrected chi connectivity index (χ4v) is 1.20. The lowest BCUT2D eigenvalue weighted by Crippen LogP contribution is -2.32. The van der Waals surface area contributed by atoms with Gasteiger partial charge in [0.15, 0.2) is 11.6 Å². The molecule has 14 heavy (non-hydrogen) atoms. The Kier molecular flexibility index (Phi) is 3.53. The summed E-state index contributed by atoms with van der Waals surface area (Å²) >= 11 is 0. The van der Waals surface area contributed by atoms with E-state index < -0.39 is 11.6 Å². The first-order chi connectivity index (χ1) is 6.35. The van der Waals surface area contributed by atoms with Crippen LogP contribution in [0.2, 0.25) is 0 Å². The zero-order valence-electron chi connectivity index (χ0n) is 9.62. The number of hydrogen-bond donors (Lipinski definition) is 0. The van der Waals surface area contributed by atoms with Crippen molar-refractivity contribution in [3.05, 3.63) is 0 Å². The summed E-state index contributed by atoms with van der Waals surface area (Å²) in [5.41, 5.74) is 0. The van der Waals surface area contributed by atoms with Crippen LogP contribution in [-0.2, 0) is 18.9 Å². The Balaban J connectivity index is 2.27. The highest BCUT2D eigenvalue weighted by atomic mass is 16.8. The summed E-state index contributed by atoms with van der Waals surface area (Å²) in [4.78, 5) is 0. The van der Waals surface area contributed by atoms with E-state index in [2.05, 4.69) is 0 Å². The highest BCUT2D eigenvalue weighted by Gasteiger charge is 2.33. The third kappa shape index (κ3) is 3.53. The largest absolute Gasteiger partial charge is 0.354 e. The van der Waals surface area contributed by atoms with Gasteiger partial charge in [-0.1, -0.05) is 0 Å². The smallest absolute Gasteiger partial charge is 0.163 e. The van der Waals surface area contributed by atoms with Gasteiger partial charge in [-0.2, -0.15) is 0 Å². The van der Waals surface area contributed by atoms with Crippen molar-refractivity contribution in [3.63, 3.8) is 0 Å². The number of hydrogen-bond acceptors (Lipinski definition) is 4. The average molecular weight is 204 g/mol. The number of methoxy groups -OCH3 is 1. The summed E-state index contributed by atoms with van der Waals surface area (Å²) in [7, 11) is 1.62. The molecule has 0 aromatic rings. The quantitative estimate of drug-likeness (QED) is 0.651. The van der Waals surface area contributed by atoms with Crippen molar-refractivity contribution in [1.82, 2.24) is 0 Å². The van der Waals surface area contributed by atoms with Gasteiger partial charge in [-0.25, -0.2) is 0 Å². The summed E-state index contributed by atoms with van der Waals surface area (Å²) < 4.78 is 21.7. The Morgan fingerprint density at radius 3 is 2.50 bits per heavy atom. The molecule has 0 aromatic heterocycles. The van der Waals surface area contributed by atoms with Crippen LogP contribution in [0.3, 0.4) is 0 Å². The number of rotatable bonds is 4. The normalized spacial score (nSPS) is 26.8. The average Bonchev–Trinajstić information content (AvgIpc) is 2.43. The lowest BCUT2D eigenvalue weighted by atomic mass is 10.3. The van der Waals surface area contributed by atoms with Crippen LogP contribution in [0.5, 0.6) is 0 Å². The maximum atomic E-state index is 5.59. The first-order valence-corrected chi connectivity index (χ1v) is 4.85. The van der Waals surface area contributed by atoms with Gasteiger partial charge in [-0.15, -0.1) is 0 Å². The van der Waals surface area contributed by atoms with Crippen molar-refractivity contribution in [2.75, 3.05) is 20.3 Å². The lowest BCUT2D eigenvalue weighted by molar-refractivity contribution is -0.217. The van der Waals surface area contributed by atoms with Gasteiger partial charge < -0.3 is 18.9 Å². The minimum Gasteiger partial charge on any atom is -0.354 e. The van der Waals surface area contributed by atoms with Crippen LogP contribution in [0.1, 0.15) is 27.7 Å². The molecule has 0 N–H and O–H groups in total. The molecule has 0 aromatic carbocycles. The van der Waals surface area contributed by atoms with Crippen molar-refractivity contribution in [2.45, 2.75) is 45.4 Å². The summed E-state index contributed by atoms with van der Waals surface area (Å²) in [6.07, 6.45) is -0.000532. The fourth-order valence-electron chi connectivity index (χ4n) is 1.20. The maximum absolute atomic E-state index is 5.59. The van der Waals surface area contributed by atoms with Gasteiger partial charge in [0.05, 0.1) is 13.2 Å². The molecule has 0 bridgehead atoms. The van der Waals surface area contributed by atoms with Gasteiger partial charge in [0.25, 0.3) is 0 Å². The van der Waals surface area contributed by atoms with Crippen LogP contribution in [0.15, 0.2) is 0 Å². The molecule has 0 radical (unpaired) electrons. The van der Waals surface area contributed by atoms with E-state index in [1.54, 1.807) is 7.11 Å². The lowest BCUT2D eigenvalue weighted by Gasteiger charge is -2.25. The summed E-state index contributed by atoms with van der Waals surface area (Å²) in [5.74, 6) is -1.04. The molecule has 1 fully saturated rings. The summed E-state index contributed by atoms with van der Waals surface area (Å²) in [6.45, 7) is 8.60. The van der Waals surface area contributed by atoms with Crippen molar-refractivity contribution in [3.8, 4) is 0 Å². The molecule has 0 aliphatic carbocycles. The molecule has 84 valence electrons. The third-order valence-electron chi connectivity index (χ3n) is 2.18. The van der Waals surface area contributed by atoms with E-state index in [1.165, 1.54) is 0 Å². The molecule has 1 heterocycles. The fraction of sp³-hybridized carbons (Fsp3) is 1.00. The van der Waals surface area contributed by atoms with E-state index in [0.29, 0.717) is 13.2 Å². The Labute approximate surface area is 85.5 Å². The zero-order chi connectivity index (χ0) is 10.8. The zero-order valence-corrected chi connectivity index (χ0v) is 9.62. The molecule has 1 aliphatic heterocycles. The first kappa shape index (κ1) is 11.9. The van der Waals surface area contributed by atoms with Crippen LogP contribution in [0.4, 0.5) is 0 Å². The van der Waals surface area contributed by atoms with E-state index >= 15 is 0 Å². The molecule has 0 spiro atoms. The maximum Gasteiger partial charge on any atom is 0.163 e.